The molecule has 0 radical (unpaired) electrons. The van der Waals surface area contributed by atoms with Crippen molar-refractivity contribution >= 4 is 17.5 Å². The maximum absolute atomic E-state index is 13.1. The highest BCUT2D eigenvalue weighted by molar-refractivity contribution is 6.30. The van der Waals surface area contributed by atoms with Crippen LogP contribution in [0.15, 0.2) is 41.2 Å². The van der Waals surface area contributed by atoms with Crippen molar-refractivity contribution in [2.45, 2.75) is 25.3 Å². The molecule has 0 N–H and O–H groups in total. The number of aromatic nitrogens is 1. The number of fused-ring (bicyclic) bond motifs is 4. The van der Waals surface area contributed by atoms with Crippen LogP contribution in [0, 0.1) is 5.92 Å². The summed E-state index contributed by atoms with van der Waals surface area (Å²) in [5.74, 6) is 0.678. The molecule has 1 saturated heterocycles. The van der Waals surface area contributed by atoms with Crippen LogP contribution in [0.1, 0.15) is 24.5 Å². The molecule has 2 atom stereocenters. The standard InChI is InChI=1S/C21H23ClN2O3/c1-27-9-8-20(25)23-11-14-10-16(13-23)19-7-6-18(21(26)24(19)12-14)15-2-4-17(22)5-3-15/h2-7,14,16H,8-13H2,1H3/t14-,16-/m1/s1. The van der Waals surface area contributed by atoms with E-state index in [1.165, 1.54) is 0 Å². The monoisotopic (exact) mass is 386 g/mol. The van der Waals surface area contributed by atoms with Crippen molar-refractivity contribution in [3.05, 3.63) is 57.5 Å². The van der Waals surface area contributed by atoms with Crippen LogP contribution in [0.2, 0.25) is 5.02 Å². The zero-order valence-corrected chi connectivity index (χ0v) is 16.1. The maximum Gasteiger partial charge on any atom is 0.258 e. The summed E-state index contributed by atoms with van der Waals surface area (Å²) in [4.78, 5) is 27.5. The fraction of sp³-hybridized carbons (Fsp3) is 0.429. The van der Waals surface area contributed by atoms with Gasteiger partial charge in [0.05, 0.1) is 13.0 Å². The number of piperidine rings is 1. The number of rotatable bonds is 4. The molecule has 2 aliphatic rings. The van der Waals surface area contributed by atoms with E-state index in [2.05, 4.69) is 6.07 Å². The second-order valence-corrected chi connectivity index (χ2v) is 7.87. The minimum absolute atomic E-state index is 0.0451. The topological polar surface area (TPSA) is 51.5 Å². The van der Waals surface area contributed by atoms with Gasteiger partial charge in [0.15, 0.2) is 0 Å². The van der Waals surface area contributed by atoms with E-state index in [4.69, 9.17) is 16.3 Å². The molecule has 5 nitrogen and oxygen atoms in total. The number of hydrogen-bond donors (Lipinski definition) is 0. The number of amides is 1. The predicted molar refractivity (Wildman–Crippen MR) is 105 cm³/mol. The van der Waals surface area contributed by atoms with Gasteiger partial charge in [0.1, 0.15) is 0 Å². The molecule has 27 heavy (non-hydrogen) atoms. The molecule has 2 bridgehead atoms. The first-order valence-electron chi connectivity index (χ1n) is 9.33. The number of nitrogens with zero attached hydrogens (tertiary/aromatic N) is 2. The Morgan fingerprint density at radius 1 is 1.15 bits per heavy atom. The summed E-state index contributed by atoms with van der Waals surface area (Å²) in [6.45, 7) is 2.51. The van der Waals surface area contributed by atoms with Gasteiger partial charge in [-0.15, -0.1) is 0 Å². The highest BCUT2D eigenvalue weighted by Crippen LogP contribution is 2.36. The van der Waals surface area contributed by atoms with Gasteiger partial charge in [-0.1, -0.05) is 23.7 Å². The first-order valence-corrected chi connectivity index (χ1v) is 9.71. The van der Waals surface area contributed by atoms with Gasteiger partial charge in [-0.25, -0.2) is 0 Å². The molecule has 0 saturated carbocycles. The number of carbonyl (C=O) groups is 1. The lowest BCUT2D eigenvalue weighted by Gasteiger charge is -2.43. The Bertz CT molecular complexity index is 907. The molecule has 1 aromatic heterocycles. The van der Waals surface area contributed by atoms with Crippen molar-refractivity contribution in [1.29, 1.82) is 0 Å². The quantitative estimate of drug-likeness (QED) is 0.811. The summed E-state index contributed by atoms with van der Waals surface area (Å²) >= 11 is 5.97. The molecule has 3 heterocycles. The van der Waals surface area contributed by atoms with E-state index in [0.717, 1.165) is 24.2 Å². The van der Waals surface area contributed by atoms with E-state index in [0.29, 0.717) is 42.6 Å². The van der Waals surface area contributed by atoms with Gasteiger partial charge in [0, 0.05) is 48.9 Å². The number of halogens is 1. The highest BCUT2D eigenvalue weighted by Gasteiger charge is 2.36. The van der Waals surface area contributed by atoms with E-state index in [-0.39, 0.29) is 17.4 Å². The van der Waals surface area contributed by atoms with E-state index in [1.807, 2.05) is 27.7 Å². The Morgan fingerprint density at radius 3 is 2.67 bits per heavy atom. The molecule has 1 amide bonds. The molecule has 2 aliphatic heterocycles. The van der Waals surface area contributed by atoms with Gasteiger partial charge in [0.25, 0.3) is 5.56 Å². The molecular weight excluding hydrogens is 364 g/mol. The van der Waals surface area contributed by atoms with Crippen LogP contribution in [0.5, 0.6) is 0 Å². The SMILES string of the molecule is COCCC(=O)N1C[C@H]2C[C@H](C1)c1ccc(-c3ccc(Cl)cc3)c(=O)n1C2. The predicted octanol–water partition coefficient (Wildman–Crippen LogP) is 3.15. The first kappa shape index (κ1) is 18.3. The molecule has 2 aromatic rings. The van der Waals surface area contributed by atoms with Crippen LogP contribution in [0.25, 0.3) is 11.1 Å². The molecular formula is C21H23ClN2O3. The summed E-state index contributed by atoms with van der Waals surface area (Å²) in [6, 6.07) is 11.3. The lowest BCUT2D eigenvalue weighted by atomic mass is 9.82. The Balaban J connectivity index is 1.63. The molecule has 1 aromatic carbocycles. The smallest absolute Gasteiger partial charge is 0.258 e. The van der Waals surface area contributed by atoms with Crippen molar-refractivity contribution in [3.8, 4) is 11.1 Å². The number of pyridine rings is 1. The largest absolute Gasteiger partial charge is 0.384 e. The number of carbonyl (C=O) groups excluding carboxylic acids is 1. The third kappa shape index (κ3) is 3.54. The Hall–Kier alpha value is -2.11. The molecule has 0 aliphatic carbocycles. The van der Waals surface area contributed by atoms with Crippen molar-refractivity contribution in [1.82, 2.24) is 9.47 Å². The van der Waals surface area contributed by atoms with Gasteiger partial charge in [-0.3, -0.25) is 9.59 Å². The third-order valence-electron chi connectivity index (χ3n) is 5.63. The lowest BCUT2D eigenvalue weighted by Crippen LogP contribution is -2.49. The third-order valence-corrected chi connectivity index (χ3v) is 5.88. The number of ether oxygens (including phenoxy) is 1. The van der Waals surface area contributed by atoms with Gasteiger partial charge in [-0.05, 0) is 42.2 Å². The lowest BCUT2D eigenvalue weighted by molar-refractivity contribution is -0.134. The Labute approximate surface area is 163 Å². The number of benzene rings is 1. The summed E-state index contributed by atoms with van der Waals surface area (Å²) in [7, 11) is 1.61. The first-order chi connectivity index (χ1) is 13.1. The van der Waals surface area contributed by atoms with Crippen LogP contribution in [0.3, 0.4) is 0 Å². The fourth-order valence-corrected chi connectivity index (χ4v) is 4.47. The summed E-state index contributed by atoms with van der Waals surface area (Å²) < 4.78 is 6.95. The molecule has 0 spiro atoms. The fourth-order valence-electron chi connectivity index (χ4n) is 4.35. The Morgan fingerprint density at radius 2 is 1.93 bits per heavy atom. The summed E-state index contributed by atoms with van der Waals surface area (Å²) in [6.07, 6.45) is 1.45. The molecule has 4 rings (SSSR count). The van der Waals surface area contributed by atoms with Crippen molar-refractivity contribution in [2.75, 3.05) is 26.8 Å². The minimum Gasteiger partial charge on any atom is -0.384 e. The van der Waals surface area contributed by atoms with Crippen molar-refractivity contribution < 1.29 is 9.53 Å². The maximum atomic E-state index is 13.1. The number of hydrogen-bond acceptors (Lipinski definition) is 3. The minimum atomic E-state index is 0.0451. The summed E-state index contributed by atoms with van der Waals surface area (Å²) in [5, 5.41) is 0.657. The van der Waals surface area contributed by atoms with E-state index in [9.17, 15) is 9.59 Å². The zero-order chi connectivity index (χ0) is 19.0. The molecule has 142 valence electrons. The molecule has 0 unspecified atom stereocenters. The van der Waals surface area contributed by atoms with Crippen molar-refractivity contribution in [3.63, 3.8) is 0 Å². The number of methoxy groups -OCH3 is 1. The van der Waals surface area contributed by atoms with Crippen LogP contribution in [0.4, 0.5) is 0 Å². The average Bonchev–Trinajstić information content (AvgIpc) is 2.67. The van der Waals surface area contributed by atoms with Crippen molar-refractivity contribution in [2.24, 2.45) is 5.92 Å². The van der Waals surface area contributed by atoms with Gasteiger partial charge in [0.2, 0.25) is 5.91 Å². The average molecular weight is 387 g/mol. The van der Waals surface area contributed by atoms with Crippen LogP contribution >= 0.6 is 11.6 Å². The number of likely N-dealkylation sites (tertiary alicyclic amines) is 1. The molecule has 1 fully saturated rings. The van der Waals surface area contributed by atoms with Crippen LogP contribution in [-0.2, 0) is 16.1 Å². The van der Waals surface area contributed by atoms with Crippen LogP contribution in [-0.4, -0.2) is 42.2 Å². The van der Waals surface area contributed by atoms with E-state index >= 15 is 0 Å². The second-order valence-electron chi connectivity index (χ2n) is 7.43. The Kier molecular flexibility index (Phi) is 5.06. The molecule has 6 heteroatoms. The zero-order valence-electron chi connectivity index (χ0n) is 15.4. The van der Waals surface area contributed by atoms with E-state index < -0.39 is 0 Å². The highest BCUT2D eigenvalue weighted by atomic mass is 35.5. The van der Waals surface area contributed by atoms with Crippen LogP contribution < -0.4 is 5.56 Å². The normalized spacial score (nSPS) is 21.0. The van der Waals surface area contributed by atoms with Gasteiger partial charge in [-0.2, -0.15) is 0 Å². The van der Waals surface area contributed by atoms with Gasteiger partial charge >= 0.3 is 0 Å². The second kappa shape index (κ2) is 7.49. The van der Waals surface area contributed by atoms with Gasteiger partial charge < -0.3 is 14.2 Å². The summed E-state index contributed by atoms with van der Waals surface area (Å²) in [5.41, 5.74) is 2.66. The van der Waals surface area contributed by atoms with E-state index in [1.54, 1.807) is 19.2 Å².